The van der Waals surface area contributed by atoms with E-state index >= 15 is 0 Å². The summed E-state index contributed by atoms with van der Waals surface area (Å²) in [6, 6.07) is 8.95. The first kappa shape index (κ1) is 18.8. The van der Waals surface area contributed by atoms with Crippen LogP contribution in [-0.4, -0.2) is 17.1 Å². The normalized spacial score (nSPS) is 12.5. The number of ether oxygens (including phenoxy) is 1. The SMILES string of the molecule is CCOC(=O)C(C#N)=c1sc(=CNc2ccccc2Cl)c(=O)n1CC. The number of nitriles is 1. The predicted molar refractivity (Wildman–Crippen MR) is 98.7 cm³/mol. The number of nitrogens with zero attached hydrogens (tertiary/aromatic N) is 2. The topological polar surface area (TPSA) is 84.1 Å². The van der Waals surface area contributed by atoms with Crippen molar-refractivity contribution in [1.82, 2.24) is 4.57 Å². The molecule has 130 valence electrons. The van der Waals surface area contributed by atoms with Crippen molar-refractivity contribution in [2.75, 3.05) is 11.9 Å². The van der Waals surface area contributed by atoms with Crippen molar-refractivity contribution in [2.24, 2.45) is 0 Å². The third-order valence-corrected chi connectivity index (χ3v) is 4.72. The maximum atomic E-state index is 12.5. The number of benzene rings is 1. The summed E-state index contributed by atoms with van der Waals surface area (Å²) in [4.78, 5) is 24.5. The number of hydrogen-bond donors (Lipinski definition) is 1. The molecule has 0 unspecified atom stereocenters. The van der Waals surface area contributed by atoms with Crippen LogP contribution in [0.3, 0.4) is 0 Å². The van der Waals surface area contributed by atoms with Gasteiger partial charge in [-0.25, -0.2) is 4.79 Å². The molecule has 0 saturated heterocycles. The van der Waals surface area contributed by atoms with Gasteiger partial charge < -0.3 is 10.1 Å². The van der Waals surface area contributed by atoms with Gasteiger partial charge in [-0.2, -0.15) is 5.26 Å². The first-order valence-corrected chi connectivity index (χ1v) is 8.75. The lowest BCUT2D eigenvalue weighted by Crippen LogP contribution is -2.32. The van der Waals surface area contributed by atoms with E-state index in [1.165, 1.54) is 10.8 Å². The molecule has 0 spiro atoms. The summed E-state index contributed by atoms with van der Waals surface area (Å²) in [5.41, 5.74) is 0.179. The summed E-state index contributed by atoms with van der Waals surface area (Å²) in [6.45, 7) is 3.90. The fourth-order valence-electron chi connectivity index (χ4n) is 2.10. The van der Waals surface area contributed by atoms with Crippen LogP contribution in [0.5, 0.6) is 0 Å². The number of thiazole rings is 1. The Balaban J connectivity index is 2.60. The van der Waals surface area contributed by atoms with Crippen LogP contribution >= 0.6 is 22.9 Å². The fraction of sp³-hybridized carbons (Fsp3) is 0.235. The van der Waals surface area contributed by atoms with Crippen LogP contribution in [-0.2, 0) is 16.1 Å². The zero-order valence-corrected chi connectivity index (χ0v) is 15.3. The van der Waals surface area contributed by atoms with Gasteiger partial charge in [0.25, 0.3) is 5.56 Å². The van der Waals surface area contributed by atoms with E-state index in [-0.39, 0.29) is 22.4 Å². The molecule has 0 radical (unpaired) electrons. The molecule has 1 N–H and O–H groups in total. The highest BCUT2D eigenvalue weighted by Crippen LogP contribution is 2.20. The largest absolute Gasteiger partial charge is 0.462 e. The van der Waals surface area contributed by atoms with Gasteiger partial charge in [-0.1, -0.05) is 23.7 Å². The molecule has 0 aliphatic heterocycles. The first-order valence-electron chi connectivity index (χ1n) is 7.55. The van der Waals surface area contributed by atoms with Gasteiger partial charge in [-0.3, -0.25) is 9.36 Å². The van der Waals surface area contributed by atoms with E-state index in [0.717, 1.165) is 11.3 Å². The summed E-state index contributed by atoms with van der Waals surface area (Å²) in [7, 11) is 0. The Kier molecular flexibility index (Phi) is 6.39. The van der Waals surface area contributed by atoms with Gasteiger partial charge in [0.2, 0.25) is 0 Å². The molecule has 0 fully saturated rings. The monoisotopic (exact) mass is 377 g/mol. The molecule has 0 aliphatic rings. The smallest absolute Gasteiger partial charge is 0.351 e. The van der Waals surface area contributed by atoms with Crippen LogP contribution in [0.1, 0.15) is 13.8 Å². The number of nitrogens with one attached hydrogen (secondary N) is 1. The van der Waals surface area contributed by atoms with Crippen LogP contribution in [0.15, 0.2) is 29.1 Å². The number of hydrogen-bond acceptors (Lipinski definition) is 6. The summed E-state index contributed by atoms with van der Waals surface area (Å²) < 4.78 is 6.90. The molecule has 8 heteroatoms. The highest BCUT2D eigenvalue weighted by atomic mass is 35.5. The predicted octanol–water partition coefficient (Wildman–Crippen LogP) is 1.67. The highest BCUT2D eigenvalue weighted by molar-refractivity contribution is 7.07. The van der Waals surface area contributed by atoms with Gasteiger partial charge in [-0.05, 0) is 26.0 Å². The molecule has 0 saturated carbocycles. The maximum absolute atomic E-state index is 12.5. The number of esters is 1. The lowest BCUT2D eigenvalue weighted by atomic mass is 10.3. The maximum Gasteiger partial charge on any atom is 0.351 e. The lowest BCUT2D eigenvalue weighted by molar-refractivity contribution is -0.136. The van der Waals surface area contributed by atoms with Gasteiger partial charge in [0.05, 0.1) is 17.3 Å². The quantitative estimate of drug-likeness (QED) is 0.801. The summed E-state index contributed by atoms with van der Waals surface area (Å²) >= 11 is 7.12. The number of anilines is 1. The van der Waals surface area contributed by atoms with E-state index in [9.17, 15) is 14.9 Å². The molecule has 1 aromatic heterocycles. The Labute approximate surface area is 153 Å². The molecule has 0 atom stereocenters. The minimum atomic E-state index is -0.737. The summed E-state index contributed by atoms with van der Waals surface area (Å²) in [5.74, 6) is -0.737. The summed E-state index contributed by atoms with van der Waals surface area (Å²) in [5, 5.41) is 12.8. The van der Waals surface area contributed by atoms with Gasteiger partial charge in [-0.15, -0.1) is 11.3 Å². The van der Waals surface area contributed by atoms with E-state index in [1.54, 1.807) is 32.0 Å². The second kappa shape index (κ2) is 8.51. The summed E-state index contributed by atoms with van der Waals surface area (Å²) in [6.07, 6.45) is 1.52. The third kappa shape index (κ3) is 4.10. The van der Waals surface area contributed by atoms with E-state index in [0.29, 0.717) is 21.8 Å². The minimum Gasteiger partial charge on any atom is -0.462 e. The molecule has 0 bridgehead atoms. The van der Waals surface area contributed by atoms with Crippen LogP contribution in [0.4, 0.5) is 5.69 Å². The molecule has 0 amide bonds. The Morgan fingerprint density at radius 3 is 2.76 bits per heavy atom. The van der Waals surface area contributed by atoms with Gasteiger partial charge in [0.1, 0.15) is 15.3 Å². The van der Waals surface area contributed by atoms with E-state index < -0.39 is 5.97 Å². The number of rotatable bonds is 5. The van der Waals surface area contributed by atoms with E-state index in [1.807, 2.05) is 12.1 Å². The Hall–Kier alpha value is -2.56. The average molecular weight is 378 g/mol. The Morgan fingerprint density at radius 2 is 2.16 bits per heavy atom. The van der Waals surface area contributed by atoms with E-state index in [2.05, 4.69) is 5.32 Å². The molecule has 1 aromatic carbocycles. The van der Waals surface area contributed by atoms with Crippen molar-refractivity contribution in [3.8, 4) is 6.07 Å². The Bertz CT molecular complexity index is 1000. The van der Waals surface area contributed by atoms with Crippen molar-refractivity contribution < 1.29 is 9.53 Å². The number of para-hydroxylation sites is 1. The van der Waals surface area contributed by atoms with Crippen molar-refractivity contribution in [3.05, 3.63) is 48.8 Å². The number of halogens is 1. The van der Waals surface area contributed by atoms with Crippen LogP contribution in [0.25, 0.3) is 11.8 Å². The van der Waals surface area contributed by atoms with Crippen molar-refractivity contribution in [3.63, 3.8) is 0 Å². The van der Waals surface area contributed by atoms with Crippen LogP contribution in [0, 0.1) is 11.3 Å². The number of aromatic nitrogens is 1. The van der Waals surface area contributed by atoms with Crippen molar-refractivity contribution in [2.45, 2.75) is 20.4 Å². The second-order valence-corrected chi connectivity index (χ2v) is 6.23. The van der Waals surface area contributed by atoms with Crippen LogP contribution in [0.2, 0.25) is 5.02 Å². The van der Waals surface area contributed by atoms with Gasteiger partial charge in [0.15, 0.2) is 5.57 Å². The minimum absolute atomic E-state index is 0.152. The standard InChI is InChI=1S/C17H16ClN3O3S/c1-3-21-15(22)14(10-20-13-8-6-5-7-12(13)18)25-16(21)11(9-19)17(23)24-4-2/h5-8,10,20H,3-4H2,1-2H3. The van der Waals surface area contributed by atoms with Crippen LogP contribution < -0.4 is 20.1 Å². The number of carbonyl (C=O) groups is 1. The lowest BCUT2D eigenvalue weighted by Gasteiger charge is -2.01. The second-order valence-electron chi connectivity index (χ2n) is 4.80. The Morgan fingerprint density at radius 1 is 1.44 bits per heavy atom. The van der Waals surface area contributed by atoms with Crippen molar-refractivity contribution in [1.29, 1.82) is 5.26 Å². The molecular weight excluding hydrogens is 362 g/mol. The zero-order chi connectivity index (χ0) is 18.4. The van der Waals surface area contributed by atoms with E-state index in [4.69, 9.17) is 16.3 Å². The molecule has 2 aromatic rings. The molecule has 1 heterocycles. The molecule has 6 nitrogen and oxygen atoms in total. The molecule has 25 heavy (non-hydrogen) atoms. The van der Waals surface area contributed by atoms with Crippen molar-refractivity contribution >= 4 is 46.4 Å². The van der Waals surface area contributed by atoms with Gasteiger partial charge >= 0.3 is 5.97 Å². The number of carbonyl (C=O) groups excluding carboxylic acids is 1. The highest BCUT2D eigenvalue weighted by Gasteiger charge is 2.16. The fourth-order valence-corrected chi connectivity index (χ4v) is 3.37. The molecule has 2 rings (SSSR count). The zero-order valence-electron chi connectivity index (χ0n) is 13.7. The average Bonchev–Trinajstić information content (AvgIpc) is 2.91. The van der Waals surface area contributed by atoms with Gasteiger partial charge in [0, 0.05) is 12.7 Å². The third-order valence-electron chi connectivity index (χ3n) is 3.26. The molecular formula is C17H16ClN3O3S. The first-order chi connectivity index (χ1) is 12.0. The molecule has 0 aliphatic carbocycles.